The Morgan fingerprint density at radius 1 is 0.902 bits per heavy atom. The highest BCUT2D eigenvalue weighted by atomic mass is 32.1. The van der Waals surface area contributed by atoms with Crippen LogP contribution in [0.15, 0.2) is 115 Å². The van der Waals surface area contributed by atoms with Gasteiger partial charge in [-0.2, -0.15) is 5.26 Å². The van der Waals surface area contributed by atoms with Crippen molar-refractivity contribution in [2.75, 3.05) is 5.32 Å². The molecule has 41 heavy (non-hydrogen) atoms. The third-order valence-electron chi connectivity index (χ3n) is 7.70. The zero-order chi connectivity index (χ0) is 28.2. The zero-order valence-corrected chi connectivity index (χ0v) is 23.4. The van der Waals surface area contributed by atoms with E-state index in [2.05, 4.69) is 89.6 Å². The van der Waals surface area contributed by atoms with Crippen LogP contribution in [-0.2, 0) is 18.5 Å². The van der Waals surface area contributed by atoms with Crippen LogP contribution in [0.1, 0.15) is 44.0 Å². The third kappa shape index (κ3) is 4.82. The molecule has 0 amide bonds. The van der Waals surface area contributed by atoms with Crippen LogP contribution < -0.4 is 5.32 Å². The van der Waals surface area contributed by atoms with Crippen LogP contribution in [0.2, 0.25) is 0 Å². The van der Waals surface area contributed by atoms with Gasteiger partial charge in [0, 0.05) is 34.8 Å². The summed E-state index contributed by atoms with van der Waals surface area (Å²) in [5.41, 5.74) is 6.75. The topological polar surface area (TPSA) is 70.7 Å². The van der Waals surface area contributed by atoms with Gasteiger partial charge in [-0.1, -0.05) is 91.0 Å². The number of aromatic nitrogens is 2. The molecule has 2 heterocycles. The third-order valence-corrected chi connectivity index (χ3v) is 8.50. The van der Waals surface area contributed by atoms with Crippen molar-refractivity contribution >= 4 is 33.7 Å². The number of nitrogens with zero attached hydrogens (tertiary/aromatic N) is 3. The molecule has 1 N–H and O–H groups in total. The van der Waals surface area contributed by atoms with Crippen LogP contribution in [0.3, 0.4) is 0 Å². The number of hydrogen-bond acceptors (Lipinski definition) is 5. The molecule has 5 nitrogen and oxygen atoms in total. The molecular weight excluding hydrogens is 524 g/mol. The highest BCUT2D eigenvalue weighted by Crippen LogP contribution is 2.40. The number of thiazole rings is 1. The number of carbonyl (C=O) groups excluding carboxylic acids is 1. The van der Waals surface area contributed by atoms with Crippen molar-refractivity contribution in [3.63, 3.8) is 0 Å². The van der Waals surface area contributed by atoms with Gasteiger partial charge in [0.2, 0.25) is 0 Å². The summed E-state index contributed by atoms with van der Waals surface area (Å²) in [6.07, 6.45) is 1.53. The molecule has 0 aliphatic carbocycles. The van der Waals surface area contributed by atoms with Crippen LogP contribution in [-0.4, -0.2) is 15.8 Å². The molecule has 0 radical (unpaired) electrons. The second-order valence-electron chi connectivity index (χ2n) is 9.99. The summed E-state index contributed by atoms with van der Waals surface area (Å²) in [7, 11) is 0. The molecule has 6 heteroatoms. The van der Waals surface area contributed by atoms with Crippen molar-refractivity contribution in [1.29, 1.82) is 5.26 Å². The van der Waals surface area contributed by atoms with Gasteiger partial charge in [-0.3, -0.25) is 4.79 Å². The second-order valence-corrected chi connectivity index (χ2v) is 10.8. The van der Waals surface area contributed by atoms with Crippen molar-refractivity contribution in [3.8, 4) is 6.07 Å². The first-order valence-corrected chi connectivity index (χ1v) is 14.4. The number of benzene rings is 4. The van der Waals surface area contributed by atoms with Crippen molar-refractivity contribution in [1.82, 2.24) is 9.55 Å². The van der Waals surface area contributed by atoms with E-state index in [1.807, 2.05) is 47.9 Å². The maximum atomic E-state index is 11.4. The van der Waals surface area contributed by atoms with Crippen LogP contribution in [0.4, 0.5) is 5.13 Å². The largest absolute Gasteiger partial charge is 0.344 e. The maximum Gasteiger partial charge on any atom is 0.184 e. The van der Waals surface area contributed by atoms with Crippen LogP contribution in [0, 0.1) is 18.3 Å². The molecule has 200 valence electrons. The van der Waals surface area contributed by atoms with Crippen molar-refractivity contribution in [3.05, 3.63) is 154 Å². The van der Waals surface area contributed by atoms with Crippen LogP contribution in [0.25, 0.3) is 10.9 Å². The lowest BCUT2D eigenvalue weighted by atomic mass is 9.77. The van der Waals surface area contributed by atoms with E-state index in [1.54, 1.807) is 11.3 Å². The highest BCUT2D eigenvalue weighted by Gasteiger charge is 2.37. The summed E-state index contributed by atoms with van der Waals surface area (Å²) in [5.74, 6) is 0. The zero-order valence-electron chi connectivity index (χ0n) is 22.6. The smallest absolute Gasteiger partial charge is 0.184 e. The van der Waals surface area contributed by atoms with Gasteiger partial charge in [-0.25, -0.2) is 4.98 Å². The lowest BCUT2D eigenvalue weighted by Gasteiger charge is -2.36. The van der Waals surface area contributed by atoms with E-state index >= 15 is 0 Å². The molecule has 0 unspecified atom stereocenters. The Morgan fingerprint density at radius 2 is 1.49 bits per heavy atom. The summed E-state index contributed by atoms with van der Waals surface area (Å²) >= 11 is 1.58. The first kappa shape index (κ1) is 26.2. The van der Waals surface area contributed by atoms with Gasteiger partial charge in [0.1, 0.15) is 23.6 Å². The molecule has 0 saturated heterocycles. The number of carbonyl (C=O) groups is 1. The molecule has 0 aliphatic heterocycles. The van der Waals surface area contributed by atoms with Crippen molar-refractivity contribution in [2.24, 2.45) is 0 Å². The molecular formula is C35H28N4OS. The Morgan fingerprint density at radius 3 is 2.02 bits per heavy atom. The Labute approximate surface area is 243 Å². The van der Waals surface area contributed by atoms with Crippen molar-refractivity contribution < 1.29 is 4.79 Å². The molecule has 4 aromatic carbocycles. The molecule has 6 rings (SSSR count). The Balaban J connectivity index is 1.35. The van der Waals surface area contributed by atoms with Gasteiger partial charge >= 0.3 is 0 Å². The minimum absolute atomic E-state index is 0.580. The van der Waals surface area contributed by atoms with Crippen LogP contribution >= 0.6 is 11.3 Å². The van der Waals surface area contributed by atoms with Gasteiger partial charge in [-0.15, -0.1) is 11.3 Å². The number of hydrogen-bond donors (Lipinski definition) is 1. The summed E-state index contributed by atoms with van der Waals surface area (Å²) < 4.78 is 2.02. The first-order valence-electron chi connectivity index (χ1n) is 13.5. The van der Waals surface area contributed by atoms with E-state index in [-0.39, 0.29) is 0 Å². The fraction of sp³-hybridized carbons (Fsp3) is 0.114. The Kier molecular flexibility index (Phi) is 7.20. The lowest BCUT2D eigenvalue weighted by Crippen LogP contribution is -2.38. The highest BCUT2D eigenvalue weighted by molar-refractivity contribution is 7.13. The normalized spacial score (nSPS) is 11.3. The van der Waals surface area contributed by atoms with Gasteiger partial charge in [0.15, 0.2) is 5.13 Å². The predicted molar refractivity (Wildman–Crippen MR) is 165 cm³/mol. The molecule has 0 aliphatic rings. The van der Waals surface area contributed by atoms with E-state index in [0.29, 0.717) is 24.2 Å². The number of aldehydes is 1. The minimum Gasteiger partial charge on any atom is -0.344 e. The molecule has 2 aromatic heterocycles. The fourth-order valence-electron chi connectivity index (χ4n) is 5.60. The maximum absolute atomic E-state index is 11.4. The average Bonchev–Trinajstić information content (AvgIpc) is 3.64. The number of nitrogens with one attached hydrogen (secondary N) is 1. The van der Waals surface area contributed by atoms with Crippen LogP contribution in [0.5, 0.6) is 0 Å². The van der Waals surface area contributed by atoms with E-state index in [4.69, 9.17) is 4.98 Å². The lowest BCUT2D eigenvalue weighted by molar-refractivity contribution is 0.112. The van der Waals surface area contributed by atoms with Gasteiger partial charge in [0.05, 0.1) is 5.69 Å². The number of fused-ring (bicyclic) bond motifs is 1. The quantitative estimate of drug-likeness (QED) is 0.147. The summed E-state index contributed by atoms with van der Waals surface area (Å²) in [5, 5.41) is 17.5. The minimum atomic E-state index is -0.642. The van der Waals surface area contributed by atoms with E-state index in [1.165, 1.54) is 0 Å². The molecule has 0 fully saturated rings. The number of nitriles is 1. The average molecular weight is 553 g/mol. The predicted octanol–water partition coefficient (Wildman–Crippen LogP) is 7.74. The van der Waals surface area contributed by atoms with Gasteiger partial charge < -0.3 is 9.88 Å². The molecule has 0 spiro atoms. The summed E-state index contributed by atoms with van der Waals surface area (Å²) in [6, 6.07) is 39.4. The number of anilines is 1. The number of aryl methyl sites for hydroxylation is 3. The van der Waals surface area contributed by atoms with E-state index in [0.717, 1.165) is 50.3 Å². The fourth-order valence-corrected chi connectivity index (χ4v) is 6.40. The molecule has 0 bridgehead atoms. The SMILES string of the molecule is Cc1c(C=O)ccc2c1cc(C#N)n2CCc1csc(NC(c2ccccc2)(c2ccccc2)c2ccccc2)n1. The van der Waals surface area contributed by atoms with Crippen molar-refractivity contribution in [2.45, 2.75) is 25.4 Å². The second kappa shape index (κ2) is 11.2. The van der Waals surface area contributed by atoms with E-state index < -0.39 is 5.54 Å². The number of rotatable bonds is 9. The standard InChI is InChI=1S/C35H28N4OS/c1-25-26(23-40)17-18-33-32(25)21-31(22-36)39(33)20-19-30-24-41-34(37-30)38-35(27-11-5-2-6-12-27,28-13-7-3-8-14-28)29-15-9-4-10-16-29/h2-18,21,23-24H,19-20H2,1H3,(H,37,38). The van der Waals surface area contributed by atoms with Gasteiger partial charge in [0.25, 0.3) is 0 Å². The molecule has 0 atom stereocenters. The summed E-state index contributed by atoms with van der Waals surface area (Å²) in [4.78, 5) is 16.4. The molecule has 0 saturated carbocycles. The van der Waals surface area contributed by atoms with Gasteiger partial charge in [-0.05, 0) is 47.4 Å². The summed E-state index contributed by atoms with van der Waals surface area (Å²) in [6.45, 7) is 2.53. The first-order chi connectivity index (χ1) is 20.1. The monoisotopic (exact) mass is 552 g/mol. The molecule has 6 aromatic rings. The Bertz CT molecular complexity index is 1750. The Hall–Kier alpha value is -4.99. The van der Waals surface area contributed by atoms with E-state index in [9.17, 15) is 10.1 Å².